The van der Waals surface area contributed by atoms with Gasteiger partial charge in [-0.1, -0.05) is 12.1 Å². The monoisotopic (exact) mass is 593 g/mol. The number of aromatic nitrogens is 3. The molecule has 0 saturated heterocycles. The molecule has 18 heteroatoms. The topological polar surface area (TPSA) is 166 Å². The molecule has 0 saturated carbocycles. The second kappa shape index (κ2) is 9.91. The molecule has 0 spiro atoms. The molecule has 1 amide bonds. The number of nitrogens with two attached hydrogens (primary N) is 1. The number of nitrogens with one attached hydrogen (secondary N) is 1. The van der Waals surface area contributed by atoms with E-state index in [4.69, 9.17) is 5.73 Å². The van der Waals surface area contributed by atoms with Crippen LogP contribution in [0.3, 0.4) is 0 Å². The molecule has 10 nitrogen and oxygen atoms in total. The van der Waals surface area contributed by atoms with E-state index in [0.717, 1.165) is 12.1 Å². The van der Waals surface area contributed by atoms with E-state index in [-0.39, 0.29) is 10.6 Å². The maximum Gasteiger partial charge on any atom is 0.433 e. The van der Waals surface area contributed by atoms with E-state index in [2.05, 4.69) is 9.97 Å². The molecule has 0 fully saturated rings. The fourth-order valence-corrected chi connectivity index (χ4v) is 3.82. The zero-order valence-electron chi connectivity index (χ0n) is 19.8. The molecule has 0 aliphatic carbocycles. The summed E-state index contributed by atoms with van der Waals surface area (Å²) in [5.41, 5.74) is -1.58. The van der Waals surface area contributed by atoms with Gasteiger partial charge in [-0.2, -0.15) is 26.3 Å². The number of nitrogens with zero attached hydrogens (tertiary/aromatic N) is 3. The lowest BCUT2D eigenvalue weighted by atomic mass is 10.0. The predicted octanol–water partition coefficient (Wildman–Crippen LogP) is 3.05. The van der Waals surface area contributed by atoms with E-state index >= 15 is 4.39 Å². The van der Waals surface area contributed by atoms with Gasteiger partial charge in [0, 0.05) is 5.56 Å². The van der Waals surface area contributed by atoms with Gasteiger partial charge >= 0.3 is 18.3 Å². The third-order valence-electron chi connectivity index (χ3n) is 5.65. The minimum Gasteiger partial charge on any atom is -0.382 e. The maximum atomic E-state index is 15.2. The lowest BCUT2D eigenvalue weighted by molar-refractivity contribution is -0.329. The average Bonchev–Trinajstić information content (AvgIpc) is 3.27. The predicted molar refractivity (Wildman–Crippen MR) is 121 cm³/mol. The highest BCUT2D eigenvalue weighted by Gasteiger charge is 2.41. The number of imidazole rings is 1. The summed E-state index contributed by atoms with van der Waals surface area (Å²) >= 11 is 0. The number of anilines is 2. The van der Waals surface area contributed by atoms with Crippen LogP contribution in [0.1, 0.15) is 28.7 Å². The van der Waals surface area contributed by atoms with Crippen molar-refractivity contribution in [3.8, 4) is 11.3 Å². The van der Waals surface area contributed by atoms with Crippen molar-refractivity contribution in [1.29, 1.82) is 0 Å². The first-order valence-electron chi connectivity index (χ1n) is 10.9. The first kappa shape index (κ1) is 29.6. The van der Waals surface area contributed by atoms with Crippen molar-refractivity contribution in [3.05, 3.63) is 76.9 Å². The number of carbonyl (C=O) groups is 1. The summed E-state index contributed by atoms with van der Waals surface area (Å²) in [4.78, 5) is 19.1. The minimum absolute atomic E-state index is 0.0733. The first-order chi connectivity index (χ1) is 18.8. The molecule has 4 aromatic rings. The van der Waals surface area contributed by atoms with Gasteiger partial charge < -0.3 is 31.5 Å². The van der Waals surface area contributed by atoms with Crippen LogP contribution in [0.4, 0.5) is 46.6 Å². The summed E-state index contributed by atoms with van der Waals surface area (Å²) in [6.07, 6.45) is -12.2. The van der Waals surface area contributed by atoms with Crippen LogP contribution < -0.4 is 11.1 Å². The fourth-order valence-electron chi connectivity index (χ4n) is 3.82. The second-order valence-electron chi connectivity index (χ2n) is 8.43. The van der Waals surface area contributed by atoms with Crippen molar-refractivity contribution in [2.24, 2.45) is 0 Å². The Morgan fingerprint density at radius 3 is 2.22 bits per heavy atom. The number of benzene rings is 2. The summed E-state index contributed by atoms with van der Waals surface area (Å²) in [6, 6.07) is 4.33. The summed E-state index contributed by atoms with van der Waals surface area (Å²) in [7, 11) is 0. The van der Waals surface area contributed by atoms with Crippen molar-refractivity contribution in [3.63, 3.8) is 0 Å². The second-order valence-corrected chi connectivity index (χ2v) is 8.43. The Hall–Kier alpha value is -4.39. The number of rotatable bonds is 5. The molecule has 2 heterocycles. The van der Waals surface area contributed by atoms with Gasteiger partial charge in [0.05, 0.1) is 17.4 Å². The molecule has 2 aromatic carbocycles. The molecule has 41 heavy (non-hydrogen) atoms. The Morgan fingerprint density at radius 1 is 0.976 bits per heavy atom. The standard InChI is InChI=1S/C23H15F8N5O5/c24-13-10(15-16-18(32)33-7-12(22(29,30)31)36(16)20(35-15)23(39,40)41)4-5-11(14(13)25)34-19(38)17(37)8-2-1-3-9(6-8)21(26,27)28/h1-7,17,37,39-41H,(H2,32,33)(H,34,38). The number of amides is 1. The van der Waals surface area contributed by atoms with Crippen LogP contribution in [0.15, 0.2) is 42.6 Å². The van der Waals surface area contributed by atoms with E-state index in [0.29, 0.717) is 24.3 Å². The number of hydrogen-bond donors (Lipinski definition) is 6. The molecule has 0 aliphatic rings. The molecule has 2 aromatic heterocycles. The van der Waals surface area contributed by atoms with Crippen molar-refractivity contribution in [2.45, 2.75) is 24.4 Å². The van der Waals surface area contributed by atoms with Gasteiger partial charge in [-0.3, -0.25) is 9.20 Å². The molecule has 0 radical (unpaired) electrons. The van der Waals surface area contributed by atoms with E-state index in [1.807, 2.05) is 0 Å². The largest absolute Gasteiger partial charge is 0.433 e. The van der Waals surface area contributed by atoms with Crippen molar-refractivity contribution in [1.82, 2.24) is 14.4 Å². The summed E-state index contributed by atoms with van der Waals surface area (Å²) in [5, 5.41) is 40.7. The third kappa shape index (κ3) is 5.49. The Labute approximate surface area is 221 Å². The quantitative estimate of drug-likeness (QED) is 0.152. The summed E-state index contributed by atoms with van der Waals surface area (Å²) in [6.45, 7) is 0. The van der Waals surface area contributed by atoms with Crippen molar-refractivity contribution >= 4 is 22.9 Å². The first-order valence-corrected chi connectivity index (χ1v) is 10.9. The van der Waals surface area contributed by atoms with Crippen LogP contribution >= 0.6 is 0 Å². The normalized spacial score (nSPS) is 13.5. The lowest BCUT2D eigenvalue weighted by Crippen LogP contribution is -2.29. The van der Waals surface area contributed by atoms with Crippen LogP contribution in [0.25, 0.3) is 16.8 Å². The highest BCUT2D eigenvalue weighted by Crippen LogP contribution is 2.39. The van der Waals surface area contributed by atoms with Crippen LogP contribution in [-0.4, -0.2) is 40.7 Å². The van der Waals surface area contributed by atoms with Crippen LogP contribution in [0, 0.1) is 11.6 Å². The highest BCUT2D eigenvalue weighted by molar-refractivity contribution is 5.95. The van der Waals surface area contributed by atoms with Gasteiger partial charge in [-0.05, 0) is 29.8 Å². The van der Waals surface area contributed by atoms with E-state index in [1.165, 1.54) is 0 Å². The minimum atomic E-state index is -5.24. The molecule has 0 aliphatic heterocycles. The molecule has 0 bridgehead atoms. The summed E-state index contributed by atoms with van der Waals surface area (Å²) < 4.78 is 110. The lowest BCUT2D eigenvalue weighted by Gasteiger charge is -2.16. The van der Waals surface area contributed by atoms with Gasteiger partial charge in [0.25, 0.3) is 5.91 Å². The number of hydrogen-bond acceptors (Lipinski definition) is 8. The molecule has 218 valence electrons. The summed E-state index contributed by atoms with van der Waals surface area (Å²) in [5.74, 6) is -11.5. The Kier molecular flexibility index (Phi) is 7.15. The third-order valence-corrected chi connectivity index (χ3v) is 5.65. The van der Waals surface area contributed by atoms with Gasteiger partial charge in [-0.15, -0.1) is 0 Å². The molecule has 1 unspecified atom stereocenters. The number of halogens is 8. The van der Waals surface area contributed by atoms with Crippen molar-refractivity contribution < 1.29 is 60.3 Å². The Bertz CT molecular complexity index is 1660. The van der Waals surface area contributed by atoms with Crippen LogP contribution in [0.2, 0.25) is 0 Å². The molecular formula is C23H15F8N5O5. The number of fused-ring (bicyclic) bond motifs is 1. The Morgan fingerprint density at radius 2 is 1.63 bits per heavy atom. The zero-order valence-corrected chi connectivity index (χ0v) is 19.8. The molecule has 7 N–H and O–H groups in total. The van der Waals surface area contributed by atoms with Crippen LogP contribution in [-0.2, 0) is 23.1 Å². The molecule has 1 atom stereocenters. The SMILES string of the molecule is Nc1ncc(C(F)(F)F)n2c(C(O)(O)O)nc(-c3ccc(NC(=O)C(O)c4cccc(C(F)(F)F)c4)c(F)c3F)c12. The van der Waals surface area contributed by atoms with E-state index < -0.39 is 92.9 Å². The Balaban J connectivity index is 1.77. The fraction of sp³-hybridized carbons (Fsp3) is 0.174. The van der Waals surface area contributed by atoms with Gasteiger partial charge in [0.15, 0.2) is 17.7 Å². The zero-order chi connectivity index (χ0) is 30.7. The smallest absolute Gasteiger partial charge is 0.382 e. The number of alkyl halides is 6. The highest BCUT2D eigenvalue weighted by atomic mass is 19.4. The maximum absolute atomic E-state index is 15.2. The van der Waals surface area contributed by atoms with E-state index in [9.17, 15) is 56.0 Å². The number of aliphatic hydroxyl groups is 4. The van der Waals surface area contributed by atoms with Crippen molar-refractivity contribution in [2.75, 3.05) is 11.1 Å². The van der Waals surface area contributed by atoms with E-state index in [1.54, 1.807) is 5.32 Å². The number of aliphatic hydroxyl groups excluding tert-OH is 1. The van der Waals surface area contributed by atoms with Gasteiger partial charge in [0.1, 0.15) is 22.7 Å². The number of nitrogen functional groups attached to an aromatic ring is 1. The number of carbonyl (C=O) groups excluding carboxylic acids is 1. The van der Waals surface area contributed by atoms with Gasteiger partial charge in [0.2, 0.25) is 5.82 Å². The molecular weight excluding hydrogens is 578 g/mol. The average molecular weight is 593 g/mol. The molecule has 4 rings (SSSR count). The van der Waals surface area contributed by atoms with Gasteiger partial charge in [-0.25, -0.2) is 18.7 Å². The van der Waals surface area contributed by atoms with Crippen LogP contribution in [0.5, 0.6) is 0 Å².